The van der Waals surface area contributed by atoms with Crippen molar-refractivity contribution in [3.8, 4) is 0 Å². The highest BCUT2D eigenvalue weighted by Crippen LogP contribution is 2.13. The van der Waals surface area contributed by atoms with Crippen molar-refractivity contribution in [2.75, 3.05) is 44.3 Å². The van der Waals surface area contributed by atoms with Crippen molar-refractivity contribution < 1.29 is 19.1 Å². The molecule has 0 aromatic carbocycles. The standard InChI is InChI=1S/C15H20N6O4S/c1-25-12(23)9-21-11(22)8-20(15(21)24)7-3-6-18-14(26)19-13-10(16)4-2-5-17-13/h2,4-5H,3,6-9,16H2,1H3,(H2,17,18,19,26). The topological polar surface area (TPSA) is 130 Å². The summed E-state index contributed by atoms with van der Waals surface area (Å²) >= 11 is 5.15. The molecule has 0 bridgehead atoms. The number of thiocarbonyl (C=S) groups is 1. The van der Waals surface area contributed by atoms with E-state index in [1.54, 1.807) is 18.3 Å². The summed E-state index contributed by atoms with van der Waals surface area (Å²) in [6.45, 7) is 0.405. The van der Waals surface area contributed by atoms with Gasteiger partial charge in [-0.25, -0.2) is 9.78 Å². The van der Waals surface area contributed by atoms with Crippen molar-refractivity contribution >= 4 is 46.7 Å². The first-order chi connectivity index (χ1) is 12.4. The number of methoxy groups -OCH3 is 1. The number of carbonyl (C=O) groups excluding carboxylic acids is 3. The van der Waals surface area contributed by atoms with Gasteiger partial charge < -0.3 is 26.0 Å². The van der Waals surface area contributed by atoms with Gasteiger partial charge in [0.15, 0.2) is 10.9 Å². The van der Waals surface area contributed by atoms with Gasteiger partial charge in [-0.05, 0) is 30.8 Å². The highest BCUT2D eigenvalue weighted by molar-refractivity contribution is 7.80. The number of ether oxygens (including phenoxy) is 1. The van der Waals surface area contributed by atoms with Crippen molar-refractivity contribution in [2.45, 2.75) is 6.42 Å². The molecule has 1 saturated heterocycles. The van der Waals surface area contributed by atoms with Gasteiger partial charge in [-0.15, -0.1) is 0 Å². The summed E-state index contributed by atoms with van der Waals surface area (Å²) in [6.07, 6.45) is 2.15. The molecule has 1 aromatic rings. The van der Waals surface area contributed by atoms with E-state index in [-0.39, 0.29) is 13.1 Å². The molecule has 0 radical (unpaired) electrons. The number of pyridine rings is 1. The molecule has 2 rings (SSSR count). The summed E-state index contributed by atoms with van der Waals surface area (Å²) in [5.41, 5.74) is 6.24. The van der Waals surface area contributed by atoms with Crippen molar-refractivity contribution in [3.63, 3.8) is 0 Å². The van der Waals surface area contributed by atoms with Crippen LogP contribution in [0.2, 0.25) is 0 Å². The summed E-state index contributed by atoms with van der Waals surface area (Å²) in [4.78, 5) is 41.5. The summed E-state index contributed by atoms with van der Waals surface area (Å²) in [5, 5.41) is 6.21. The molecule has 4 N–H and O–H groups in total. The summed E-state index contributed by atoms with van der Waals surface area (Å²) in [6, 6.07) is 2.92. The number of esters is 1. The van der Waals surface area contributed by atoms with Gasteiger partial charge in [0.05, 0.1) is 12.8 Å². The fourth-order valence-corrected chi connectivity index (χ4v) is 2.46. The minimum atomic E-state index is -0.638. The summed E-state index contributed by atoms with van der Waals surface area (Å²) in [7, 11) is 1.20. The van der Waals surface area contributed by atoms with Gasteiger partial charge in [0.1, 0.15) is 13.1 Å². The van der Waals surface area contributed by atoms with Crippen LogP contribution in [0.25, 0.3) is 0 Å². The Morgan fingerprint density at radius 1 is 1.46 bits per heavy atom. The van der Waals surface area contributed by atoms with Gasteiger partial charge in [-0.2, -0.15) is 0 Å². The zero-order valence-electron chi connectivity index (χ0n) is 14.2. The predicted molar refractivity (Wildman–Crippen MR) is 98.2 cm³/mol. The third-order valence-electron chi connectivity index (χ3n) is 3.60. The van der Waals surface area contributed by atoms with E-state index in [0.717, 1.165) is 4.90 Å². The van der Waals surface area contributed by atoms with E-state index in [1.807, 2.05) is 0 Å². The largest absolute Gasteiger partial charge is 0.468 e. The number of nitrogens with one attached hydrogen (secondary N) is 2. The molecule has 3 amide bonds. The Morgan fingerprint density at radius 3 is 2.92 bits per heavy atom. The molecular weight excluding hydrogens is 360 g/mol. The lowest BCUT2D eigenvalue weighted by molar-refractivity contribution is -0.144. The monoisotopic (exact) mass is 380 g/mol. The molecule has 0 saturated carbocycles. The smallest absolute Gasteiger partial charge is 0.327 e. The number of hydrogen-bond acceptors (Lipinski definition) is 7. The predicted octanol–water partition coefficient (Wildman–Crippen LogP) is -0.222. The summed E-state index contributed by atoms with van der Waals surface area (Å²) < 4.78 is 4.48. The maximum absolute atomic E-state index is 12.1. The van der Waals surface area contributed by atoms with Crippen molar-refractivity contribution in [2.24, 2.45) is 0 Å². The first-order valence-electron chi connectivity index (χ1n) is 7.83. The van der Waals surface area contributed by atoms with Crippen LogP contribution in [0.5, 0.6) is 0 Å². The number of nitrogens with two attached hydrogens (primary N) is 1. The molecule has 1 aromatic heterocycles. The van der Waals surface area contributed by atoms with Gasteiger partial charge in [0.25, 0.3) is 5.91 Å². The van der Waals surface area contributed by atoms with Gasteiger partial charge in [0, 0.05) is 19.3 Å². The number of nitrogen functional groups attached to an aromatic ring is 1. The Bertz CT molecular complexity index is 713. The Labute approximate surface area is 155 Å². The van der Waals surface area contributed by atoms with Crippen LogP contribution in [0.15, 0.2) is 18.3 Å². The highest BCUT2D eigenvalue weighted by Gasteiger charge is 2.36. The van der Waals surface area contributed by atoms with Gasteiger partial charge in [-0.1, -0.05) is 0 Å². The Hall–Kier alpha value is -2.95. The number of imide groups is 1. The van der Waals surface area contributed by atoms with E-state index in [1.165, 1.54) is 12.0 Å². The van der Waals surface area contributed by atoms with Crippen molar-refractivity contribution in [1.82, 2.24) is 20.1 Å². The molecule has 0 spiro atoms. The van der Waals surface area contributed by atoms with E-state index in [9.17, 15) is 14.4 Å². The third-order valence-corrected chi connectivity index (χ3v) is 3.85. The molecule has 11 heteroatoms. The number of aromatic nitrogens is 1. The lowest BCUT2D eigenvalue weighted by atomic mass is 10.4. The van der Waals surface area contributed by atoms with Crippen LogP contribution in [0.4, 0.5) is 16.3 Å². The number of carbonyl (C=O) groups is 3. The normalized spacial score (nSPS) is 13.7. The molecule has 0 unspecified atom stereocenters. The molecule has 1 fully saturated rings. The number of anilines is 2. The van der Waals surface area contributed by atoms with Crippen LogP contribution in [0, 0.1) is 0 Å². The lowest BCUT2D eigenvalue weighted by Gasteiger charge is -2.17. The van der Waals surface area contributed by atoms with Crippen LogP contribution in [0.1, 0.15) is 6.42 Å². The van der Waals surface area contributed by atoms with Crippen LogP contribution in [0.3, 0.4) is 0 Å². The number of rotatable bonds is 7. The fourth-order valence-electron chi connectivity index (χ4n) is 2.26. The number of amides is 3. The SMILES string of the molecule is COC(=O)CN1C(=O)CN(CCCNC(=S)Nc2ncccc2N)C1=O. The van der Waals surface area contributed by atoms with E-state index in [2.05, 4.69) is 20.4 Å². The van der Waals surface area contributed by atoms with Gasteiger partial charge in [0.2, 0.25) is 0 Å². The van der Waals surface area contributed by atoms with Gasteiger partial charge >= 0.3 is 12.0 Å². The Kier molecular flexibility index (Phi) is 6.67. The van der Waals surface area contributed by atoms with Crippen LogP contribution >= 0.6 is 12.2 Å². The Morgan fingerprint density at radius 2 is 2.23 bits per heavy atom. The molecule has 10 nitrogen and oxygen atoms in total. The van der Waals surface area contributed by atoms with Crippen LogP contribution in [-0.4, -0.2) is 71.1 Å². The first kappa shape index (κ1) is 19.4. The molecule has 26 heavy (non-hydrogen) atoms. The van der Waals surface area contributed by atoms with E-state index in [0.29, 0.717) is 36.1 Å². The van der Waals surface area contributed by atoms with Crippen LogP contribution < -0.4 is 16.4 Å². The van der Waals surface area contributed by atoms with E-state index < -0.39 is 17.9 Å². The second kappa shape index (κ2) is 8.94. The fraction of sp³-hybridized carbons (Fsp3) is 0.400. The minimum Gasteiger partial charge on any atom is -0.468 e. The molecule has 0 atom stereocenters. The first-order valence-corrected chi connectivity index (χ1v) is 8.24. The lowest BCUT2D eigenvalue weighted by Crippen LogP contribution is -2.38. The molecule has 1 aliphatic heterocycles. The molecule has 140 valence electrons. The molecular formula is C15H20N6O4S. The quantitative estimate of drug-likeness (QED) is 0.254. The average Bonchev–Trinajstić information content (AvgIpc) is 2.88. The third kappa shape index (κ3) is 5.02. The minimum absolute atomic E-state index is 0.0526. The maximum Gasteiger partial charge on any atom is 0.327 e. The zero-order valence-corrected chi connectivity index (χ0v) is 15.0. The summed E-state index contributed by atoms with van der Waals surface area (Å²) in [5.74, 6) is -0.597. The molecule has 0 aliphatic carbocycles. The molecule has 2 heterocycles. The number of urea groups is 1. The zero-order chi connectivity index (χ0) is 19.1. The van der Waals surface area contributed by atoms with E-state index >= 15 is 0 Å². The Balaban J connectivity index is 1.72. The number of hydrogen-bond donors (Lipinski definition) is 3. The molecule has 1 aliphatic rings. The second-order valence-electron chi connectivity index (χ2n) is 5.44. The van der Waals surface area contributed by atoms with Crippen molar-refractivity contribution in [1.29, 1.82) is 0 Å². The van der Waals surface area contributed by atoms with Crippen LogP contribution in [-0.2, 0) is 14.3 Å². The second-order valence-corrected chi connectivity index (χ2v) is 5.84. The van der Waals surface area contributed by atoms with Gasteiger partial charge in [-0.3, -0.25) is 14.5 Å². The average molecular weight is 380 g/mol. The van der Waals surface area contributed by atoms with Crippen molar-refractivity contribution in [3.05, 3.63) is 18.3 Å². The maximum atomic E-state index is 12.1. The van der Waals surface area contributed by atoms with E-state index in [4.69, 9.17) is 18.0 Å². The number of nitrogens with zero attached hydrogens (tertiary/aromatic N) is 3. The highest BCUT2D eigenvalue weighted by atomic mass is 32.1.